The standard InChI is InChI=1S/C15H27N3O3/c16-11-12-3-1-2-4-13(12)15(21)18-9-7-17(8-10-18)6-5-14(19)20/h12-13H,1-11,16H2,(H,19,20). The number of nitrogens with two attached hydrogens (primary N) is 1. The Morgan fingerprint density at radius 1 is 1.10 bits per heavy atom. The molecule has 21 heavy (non-hydrogen) atoms. The molecule has 2 aliphatic rings. The lowest BCUT2D eigenvalue weighted by Crippen LogP contribution is -2.52. The van der Waals surface area contributed by atoms with E-state index in [0.717, 1.165) is 32.4 Å². The van der Waals surface area contributed by atoms with Crippen molar-refractivity contribution in [2.75, 3.05) is 39.3 Å². The van der Waals surface area contributed by atoms with Crippen LogP contribution in [0.1, 0.15) is 32.1 Å². The summed E-state index contributed by atoms with van der Waals surface area (Å²) in [5.41, 5.74) is 5.82. The predicted octanol–water partition coefficient (Wildman–Crippen LogP) is 0.370. The third-order valence-electron chi connectivity index (χ3n) is 4.85. The minimum atomic E-state index is -0.763. The van der Waals surface area contributed by atoms with E-state index < -0.39 is 5.97 Å². The first-order chi connectivity index (χ1) is 10.1. The summed E-state index contributed by atoms with van der Waals surface area (Å²) in [5.74, 6) is -0.0462. The maximum atomic E-state index is 12.7. The van der Waals surface area contributed by atoms with Crippen LogP contribution in [-0.4, -0.2) is 66.1 Å². The molecule has 2 rings (SSSR count). The van der Waals surface area contributed by atoms with E-state index in [1.54, 1.807) is 0 Å². The highest BCUT2D eigenvalue weighted by Crippen LogP contribution is 2.31. The lowest BCUT2D eigenvalue weighted by atomic mass is 9.78. The highest BCUT2D eigenvalue weighted by atomic mass is 16.4. The second kappa shape index (κ2) is 7.75. The van der Waals surface area contributed by atoms with Gasteiger partial charge in [0.25, 0.3) is 0 Å². The fourth-order valence-corrected chi connectivity index (χ4v) is 3.50. The maximum absolute atomic E-state index is 12.7. The number of hydrogen-bond donors (Lipinski definition) is 2. The quantitative estimate of drug-likeness (QED) is 0.765. The molecule has 0 bridgehead atoms. The molecule has 1 saturated carbocycles. The number of carboxylic acid groups (broad SMARTS) is 1. The maximum Gasteiger partial charge on any atom is 0.304 e. The summed E-state index contributed by atoms with van der Waals surface area (Å²) >= 11 is 0. The van der Waals surface area contributed by atoms with E-state index in [-0.39, 0.29) is 18.2 Å². The molecular formula is C15H27N3O3. The zero-order chi connectivity index (χ0) is 15.2. The largest absolute Gasteiger partial charge is 0.481 e. The first kappa shape index (κ1) is 16.2. The normalized spacial score (nSPS) is 27.6. The van der Waals surface area contributed by atoms with Gasteiger partial charge in [-0.15, -0.1) is 0 Å². The van der Waals surface area contributed by atoms with Gasteiger partial charge in [0, 0.05) is 38.6 Å². The summed E-state index contributed by atoms with van der Waals surface area (Å²) in [6.45, 7) is 4.16. The van der Waals surface area contributed by atoms with Crippen LogP contribution in [0.5, 0.6) is 0 Å². The number of carbonyl (C=O) groups excluding carboxylic acids is 1. The average molecular weight is 297 g/mol. The van der Waals surface area contributed by atoms with Crippen molar-refractivity contribution < 1.29 is 14.7 Å². The molecule has 0 aromatic heterocycles. The number of carboxylic acids is 1. The minimum Gasteiger partial charge on any atom is -0.481 e. The van der Waals surface area contributed by atoms with Crippen molar-refractivity contribution in [1.82, 2.24) is 9.80 Å². The van der Waals surface area contributed by atoms with Crippen LogP contribution in [0.15, 0.2) is 0 Å². The van der Waals surface area contributed by atoms with Gasteiger partial charge >= 0.3 is 5.97 Å². The Bertz CT molecular complexity index is 367. The molecule has 1 aliphatic heterocycles. The summed E-state index contributed by atoms with van der Waals surface area (Å²) in [6, 6.07) is 0. The van der Waals surface area contributed by atoms with Crippen molar-refractivity contribution in [2.24, 2.45) is 17.6 Å². The highest BCUT2D eigenvalue weighted by molar-refractivity contribution is 5.79. The van der Waals surface area contributed by atoms with Gasteiger partial charge in [-0.2, -0.15) is 0 Å². The molecule has 0 aromatic rings. The molecule has 0 spiro atoms. The first-order valence-electron chi connectivity index (χ1n) is 8.05. The number of aliphatic carboxylic acids is 1. The molecule has 6 nitrogen and oxygen atoms in total. The second-order valence-electron chi connectivity index (χ2n) is 6.20. The Morgan fingerprint density at radius 2 is 1.76 bits per heavy atom. The van der Waals surface area contributed by atoms with Crippen LogP contribution < -0.4 is 5.73 Å². The first-order valence-corrected chi connectivity index (χ1v) is 8.05. The molecule has 1 saturated heterocycles. The van der Waals surface area contributed by atoms with Gasteiger partial charge < -0.3 is 15.7 Å². The van der Waals surface area contributed by atoms with Crippen LogP contribution in [0.4, 0.5) is 0 Å². The van der Waals surface area contributed by atoms with Crippen LogP contribution >= 0.6 is 0 Å². The smallest absolute Gasteiger partial charge is 0.304 e. The number of hydrogen-bond acceptors (Lipinski definition) is 4. The Balaban J connectivity index is 1.80. The molecule has 2 atom stereocenters. The van der Waals surface area contributed by atoms with Gasteiger partial charge in [0.05, 0.1) is 6.42 Å². The van der Waals surface area contributed by atoms with Crippen LogP contribution in [0.2, 0.25) is 0 Å². The molecule has 6 heteroatoms. The monoisotopic (exact) mass is 297 g/mol. The highest BCUT2D eigenvalue weighted by Gasteiger charge is 2.33. The van der Waals surface area contributed by atoms with E-state index in [1.165, 1.54) is 6.42 Å². The molecule has 120 valence electrons. The van der Waals surface area contributed by atoms with E-state index in [1.807, 2.05) is 4.90 Å². The summed E-state index contributed by atoms with van der Waals surface area (Å²) in [7, 11) is 0. The number of rotatable bonds is 5. The van der Waals surface area contributed by atoms with Crippen LogP contribution in [0.3, 0.4) is 0 Å². The molecule has 1 aliphatic carbocycles. The van der Waals surface area contributed by atoms with Crippen molar-refractivity contribution in [1.29, 1.82) is 0 Å². The van der Waals surface area contributed by atoms with Crippen molar-refractivity contribution in [3.8, 4) is 0 Å². The average Bonchev–Trinajstić information content (AvgIpc) is 2.52. The van der Waals surface area contributed by atoms with E-state index in [9.17, 15) is 9.59 Å². The molecule has 3 N–H and O–H groups in total. The van der Waals surface area contributed by atoms with Gasteiger partial charge in [-0.3, -0.25) is 14.5 Å². The lowest BCUT2D eigenvalue weighted by Gasteiger charge is -2.39. The fraction of sp³-hybridized carbons (Fsp3) is 0.867. The Hall–Kier alpha value is -1.14. The molecule has 1 amide bonds. The van der Waals surface area contributed by atoms with Crippen molar-refractivity contribution in [3.63, 3.8) is 0 Å². The lowest BCUT2D eigenvalue weighted by molar-refractivity contribution is -0.141. The fourth-order valence-electron chi connectivity index (χ4n) is 3.50. The molecule has 0 radical (unpaired) electrons. The second-order valence-corrected chi connectivity index (χ2v) is 6.20. The van der Waals surface area contributed by atoms with E-state index in [2.05, 4.69) is 4.90 Å². The molecule has 2 unspecified atom stereocenters. The summed E-state index contributed by atoms with van der Waals surface area (Å²) in [6.07, 6.45) is 4.54. The van der Waals surface area contributed by atoms with Crippen LogP contribution in [-0.2, 0) is 9.59 Å². The summed E-state index contributed by atoms with van der Waals surface area (Å²) in [5, 5.41) is 8.71. The molecule has 0 aromatic carbocycles. The van der Waals surface area contributed by atoms with Gasteiger partial charge in [-0.1, -0.05) is 12.8 Å². The summed E-state index contributed by atoms with van der Waals surface area (Å²) < 4.78 is 0. The third-order valence-corrected chi connectivity index (χ3v) is 4.85. The van der Waals surface area contributed by atoms with Gasteiger partial charge in [-0.05, 0) is 25.3 Å². The predicted molar refractivity (Wildman–Crippen MR) is 79.8 cm³/mol. The zero-order valence-electron chi connectivity index (χ0n) is 12.7. The number of amides is 1. The van der Waals surface area contributed by atoms with Crippen LogP contribution in [0.25, 0.3) is 0 Å². The van der Waals surface area contributed by atoms with Gasteiger partial charge in [0.1, 0.15) is 0 Å². The van der Waals surface area contributed by atoms with Crippen molar-refractivity contribution in [2.45, 2.75) is 32.1 Å². The van der Waals surface area contributed by atoms with Gasteiger partial charge in [0.15, 0.2) is 0 Å². The van der Waals surface area contributed by atoms with Gasteiger partial charge in [0.2, 0.25) is 5.91 Å². The van der Waals surface area contributed by atoms with Gasteiger partial charge in [-0.25, -0.2) is 0 Å². The summed E-state index contributed by atoms with van der Waals surface area (Å²) in [4.78, 5) is 27.3. The number of piperazine rings is 1. The Morgan fingerprint density at radius 3 is 2.38 bits per heavy atom. The minimum absolute atomic E-state index is 0.106. The zero-order valence-corrected chi connectivity index (χ0v) is 12.7. The SMILES string of the molecule is NCC1CCCCC1C(=O)N1CCN(CCC(=O)O)CC1. The molecular weight excluding hydrogens is 270 g/mol. The Labute approximate surface area is 126 Å². The van der Waals surface area contributed by atoms with Crippen LogP contribution in [0, 0.1) is 11.8 Å². The van der Waals surface area contributed by atoms with Crippen molar-refractivity contribution in [3.05, 3.63) is 0 Å². The molecule has 2 fully saturated rings. The van der Waals surface area contributed by atoms with E-state index in [0.29, 0.717) is 32.1 Å². The number of nitrogens with zero attached hydrogens (tertiary/aromatic N) is 2. The third kappa shape index (κ3) is 4.41. The topological polar surface area (TPSA) is 86.9 Å². The Kier molecular flexibility index (Phi) is 5.99. The number of carbonyl (C=O) groups is 2. The van der Waals surface area contributed by atoms with E-state index in [4.69, 9.17) is 10.8 Å². The van der Waals surface area contributed by atoms with E-state index >= 15 is 0 Å². The molecule has 1 heterocycles. The van der Waals surface area contributed by atoms with Crippen molar-refractivity contribution >= 4 is 11.9 Å².